The maximum absolute atomic E-state index is 4.67. The van der Waals surface area contributed by atoms with Crippen LogP contribution in [-0.4, -0.2) is 34.0 Å². The molecule has 2 aromatic heterocycles. The molecule has 1 aliphatic carbocycles. The van der Waals surface area contributed by atoms with Gasteiger partial charge in [-0.05, 0) is 47.3 Å². The lowest BCUT2D eigenvalue weighted by Crippen LogP contribution is -2.26. The van der Waals surface area contributed by atoms with E-state index in [1.54, 1.807) is 0 Å². The van der Waals surface area contributed by atoms with E-state index in [1.807, 2.05) is 23.6 Å². The first-order chi connectivity index (χ1) is 10.8. The summed E-state index contributed by atoms with van der Waals surface area (Å²) in [5, 5.41) is 5.74. The Kier molecular flexibility index (Phi) is 4.15. The Bertz CT molecular complexity index is 655. The van der Waals surface area contributed by atoms with E-state index in [9.17, 15) is 0 Å². The number of rotatable bonds is 5. The standard InChI is InChI=1S/C16H19BrN4S/c17-12-7-14(22-10-12)9-21-6-4-13(8-21)19-15-3-5-18-16(20-15)11-1-2-11/h3,5,7,10-11,13H,1-2,4,6,8-9H2,(H,18,19,20). The molecule has 0 aromatic carbocycles. The van der Waals surface area contributed by atoms with Crippen LogP contribution in [0.25, 0.3) is 0 Å². The molecule has 1 saturated carbocycles. The zero-order valence-electron chi connectivity index (χ0n) is 12.3. The van der Waals surface area contributed by atoms with Gasteiger partial charge in [0, 0.05) is 52.5 Å². The summed E-state index contributed by atoms with van der Waals surface area (Å²) in [7, 11) is 0. The average molecular weight is 379 g/mol. The molecule has 1 saturated heterocycles. The molecule has 0 amide bonds. The lowest BCUT2D eigenvalue weighted by Gasteiger charge is -2.16. The molecule has 1 N–H and O–H groups in total. The van der Waals surface area contributed by atoms with Crippen molar-refractivity contribution >= 4 is 33.1 Å². The van der Waals surface area contributed by atoms with Crippen molar-refractivity contribution in [3.05, 3.63) is 38.9 Å². The number of nitrogens with one attached hydrogen (secondary N) is 1. The predicted octanol–water partition coefficient (Wildman–Crippen LogP) is 3.86. The Morgan fingerprint density at radius 2 is 2.27 bits per heavy atom. The summed E-state index contributed by atoms with van der Waals surface area (Å²) in [6.45, 7) is 3.28. The van der Waals surface area contributed by atoms with Gasteiger partial charge in [-0.15, -0.1) is 11.3 Å². The Morgan fingerprint density at radius 1 is 1.36 bits per heavy atom. The lowest BCUT2D eigenvalue weighted by atomic mass is 10.2. The van der Waals surface area contributed by atoms with Gasteiger partial charge in [-0.2, -0.15) is 0 Å². The van der Waals surface area contributed by atoms with Crippen molar-refractivity contribution in [3.8, 4) is 0 Å². The monoisotopic (exact) mass is 378 g/mol. The molecule has 22 heavy (non-hydrogen) atoms. The van der Waals surface area contributed by atoms with Crippen LogP contribution in [0.1, 0.15) is 35.9 Å². The number of anilines is 1. The number of halogens is 1. The third-order valence-corrected chi connectivity index (χ3v) is 5.92. The molecule has 0 spiro atoms. The number of thiophene rings is 1. The van der Waals surface area contributed by atoms with E-state index in [0.29, 0.717) is 12.0 Å². The van der Waals surface area contributed by atoms with Gasteiger partial charge in [-0.3, -0.25) is 4.90 Å². The SMILES string of the molecule is Brc1csc(CN2CCC(Nc3ccnc(C4CC4)n3)C2)c1. The molecule has 2 aromatic rings. The minimum absolute atomic E-state index is 0.491. The van der Waals surface area contributed by atoms with E-state index < -0.39 is 0 Å². The summed E-state index contributed by atoms with van der Waals surface area (Å²) in [6.07, 6.45) is 5.56. The molecule has 1 atom stereocenters. The second-order valence-electron chi connectivity index (χ2n) is 6.17. The van der Waals surface area contributed by atoms with Crippen LogP contribution in [0.3, 0.4) is 0 Å². The van der Waals surface area contributed by atoms with Crippen molar-refractivity contribution in [1.29, 1.82) is 0 Å². The zero-order valence-corrected chi connectivity index (χ0v) is 14.7. The maximum Gasteiger partial charge on any atom is 0.133 e. The average Bonchev–Trinajstić information content (AvgIpc) is 3.16. The maximum atomic E-state index is 4.67. The largest absolute Gasteiger partial charge is 0.366 e. The number of hydrogen-bond donors (Lipinski definition) is 1. The Labute approximate surface area is 143 Å². The normalized spacial score (nSPS) is 22.1. The second-order valence-corrected chi connectivity index (χ2v) is 8.08. The van der Waals surface area contributed by atoms with Gasteiger partial charge in [0.2, 0.25) is 0 Å². The predicted molar refractivity (Wildman–Crippen MR) is 93.3 cm³/mol. The molecule has 2 fully saturated rings. The molecule has 116 valence electrons. The van der Waals surface area contributed by atoms with Crippen molar-refractivity contribution in [3.63, 3.8) is 0 Å². The van der Waals surface area contributed by atoms with Gasteiger partial charge in [0.1, 0.15) is 11.6 Å². The first kappa shape index (κ1) is 14.6. The van der Waals surface area contributed by atoms with Crippen LogP contribution in [0.4, 0.5) is 5.82 Å². The number of nitrogens with zero attached hydrogens (tertiary/aromatic N) is 3. The lowest BCUT2D eigenvalue weighted by molar-refractivity contribution is 0.331. The first-order valence-electron chi connectivity index (χ1n) is 7.81. The summed E-state index contributed by atoms with van der Waals surface area (Å²) in [5.74, 6) is 2.62. The number of likely N-dealkylation sites (tertiary alicyclic amines) is 1. The van der Waals surface area contributed by atoms with E-state index in [2.05, 4.69) is 47.6 Å². The molecular formula is C16H19BrN4S. The van der Waals surface area contributed by atoms with Crippen molar-refractivity contribution in [2.24, 2.45) is 0 Å². The smallest absolute Gasteiger partial charge is 0.133 e. The van der Waals surface area contributed by atoms with Crippen LogP contribution >= 0.6 is 27.3 Å². The van der Waals surface area contributed by atoms with E-state index in [1.165, 1.54) is 28.6 Å². The van der Waals surface area contributed by atoms with Crippen molar-refractivity contribution < 1.29 is 0 Å². The van der Waals surface area contributed by atoms with Crippen LogP contribution in [0, 0.1) is 0 Å². The molecule has 6 heteroatoms. The van der Waals surface area contributed by atoms with Gasteiger partial charge >= 0.3 is 0 Å². The van der Waals surface area contributed by atoms with E-state index in [-0.39, 0.29) is 0 Å². The van der Waals surface area contributed by atoms with E-state index in [4.69, 9.17) is 0 Å². The fourth-order valence-corrected chi connectivity index (χ4v) is 4.45. The van der Waals surface area contributed by atoms with Crippen molar-refractivity contribution in [1.82, 2.24) is 14.9 Å². The number of hydrogen-bond acceptors (Lipinski definition) is 5. The minimum Gasteiger partial charge on any atom is -0.366 e. The van der Waals surface area contributed by atoms with E-state index >= 15 is 0 Å². The molecule has 1 unspecified atom stereocenters. The summed E-state index contributed by atoms with van der Waals surface area (Å²) < 4.78 is 1.19. The Morgan fingerprint density at radius 3 is 3.05 bits per heavy atom. The quantitative estimate of drug-likeness (QED) is 0.857. The highest BCUT2D eigenvalue weighted by Gasteiger charge is 2.27. The topological polar surface area (TPSA) is 41.0 Å². The molecule has 4 rings (SSSR count). The van der Waals surface area contributed by atoms with Crippen LogP contribution in [0.2, 0.25) is 0 Å². The summed E-state index contributed by atoms with van der Waals surface area (Å²) in [5.41, 5.74) is 0. The van der Waals surface area contributed by atoms with Gasteiger partial charge in [0.25, 0.3) is 0 Å². The van der Waals surface area contributed by atoms with Crippen LogP contribution < -0.4 is 5.32 Å². The molecule has 0 radical (unpaired) electrons. The summed E-state index contributed by atoms with van der Waals surface area (Å²) in [4.78, 5) is 13.0. The minimum atomic E-state index is 0.491. The highest BCUT2D eigenvalue weighted by Crippen LogP contribution is 2.38. The van der Waals surface area contributed by atoms with Crippen molar-refractivity contribution in [2.45, 2.75) is 37.8 Å². The molecule has 1 aliphatic heterocycles. The van der Waals surface area contributed by atoms with E-state index in [0.717, 1.165) is 31.3 Å². The molecule has 4 nitrogen and oxygen atoms in total. The fourth-order valence-electron chi connectivity index (χ4n) is 2.95. The van der Waals surface area contributed by atoms with Crippen molar-refractivity contribution in [2.75, 3.05) is 18.4 Å². The van der Waals surface area contributed by atoms with Crippen LogP contribution in [0.15, 0.2) is 28.2 Å². The van der Waals surface area contributed by atoms with Gasteiger partial charge in [0.05, 0.1) is 0 Å². The van der Waals surface area contributed by atoms with Gasteiger partial charge < -0.3 is 5.32 Å². The summed E-state index contributed by atoms with van der Waals surface area (Å²) in [6, 6.07) is 4.70. The third kappa shape index (κ3) is 3.50. The van der Waals surface area contributed by atoms with Crippen LogP contribution in [-0.2, 0) is 6.54 Å². The third-order valence-electron chi connectivity index (χ3n) is 4.24. The first-order valence-corrected chi connectivity index (χ1v) is 9.48. The highest BCUT2D eigenvalue weighted by molar-refractivity contribution is 9.10. The van der Waals surface area contributed by atoms with Gasteiger partial charge in [-0.25, -0.2) is 9.97 Å². The fraction of sp³-hybridized carbons (Fsp3) is 0.500. The Hall–Kier alpha value is -0.980. The highest BCUT2D eigenvalue weighted by atomic mass is 79.9. The summed E-state index contributed by atoms with van der Waals surface area (Å²) >= 11 is 5.35. The Balaban J connectivity index is 1.33. The van der Waals surface area contributed by atoms with Gasteiger partial charge in [0.15, 0.2) is 0 Å². The van der Waals surface area contributed by atoms with Crippen LogP contribution in [0.5, 0.6) is 0 Å². The second kappa shape index (κ2) is 6.26. The molecule has 3 heterocycles. The number of aromatic nitrogens is 2. The van der Waals surface area contributed by atoms with Gasteiger partial charge in [-0.1, -0.05) is 0 Å². The zero-order chi connectivity index (χ0) is 14.9. The molecule has 2 aliphatic rings. The molecular weight excluding hydrogens is 360 g/mol. The molecule has 0 bridgehead atoms.